The van der Waals surface area contributed by atoms with Crippen LogP contribution in [0.1, 0.15) is 43.4 Å². The maximum atomic E-state index is 13.7. The zero-order chi connectivity index (χ0) is 13.3. The third-order valence-electron chi connectivity index (χ3n) is 4.69. The monoisotopic (exact) mass is 263 g/mol. The molecule has 3 heteroatoms. The van der Waals surface area contributed by atoms with E-state index >= 15 is 0 Å². The van der Waals surface area contributed by atoms with Crippen molar-refractivity contribution in [3.8, 4) is 0 Å². The molecule has 0 radical (unpaired) electrons. The van der Waals surface area contributed by atoms with Crippen molar-refractivity contribution in [3.63, 3.8) is 0 Å². The SMILES string of the molecule is CC1(CNC2CCc3c(F)cccc32)CCOCC1. The normalized spacial score (nSPS) is 25.3. The maximum Gasteiger partial charge on any atom is 0.126 e. The van der Waals surface area contributed by atoms with Gasteiger partial charge in [-0.3, -0.25) is 0 Å². The Morgan fingerprint density at radius 1 is 1.37 bits per heavy atom. The second-order valence-electron chi connectivity index (χ2n) is 6.20. The van der Waals surface area contributed by atoms with Crippen LogP contribution in [0.5, 0.6) is 0 Å². The van der Waals surface area contributed by atoms with Crippen LogP contribution in [0.3, 0.4) is 0 Å². The standard InChI is InChI=1S/C16H22FNO/c1-16(7-9-19-10-8-16)11-18-15-6-5-12-13(15)3-2-4-14(12)17/h2-4,15,18H,5-11H2,1H3. The summed E-state index contributed by atoms with van der Waals surface area (Å²) < 4.78 is 19.1. The van der Waals surface area contributed by atoms with E-state index in [1.54, 1.807) is 6.07 Å². The Kier molecular flexibility index (Phi) is 3.59. The minimum atomic E-state index is -0.0425. The van der Waals surface area contributed by atoms with Gasteiger partial charge >= 0.3 is 0 Å². The van der Waals surface area contributed by atoms with Gasteiger partial charge in [-0.1, -0.05) is 19.1 Å². The second kappa shape index (κ2) is 5.22. The van der Waals surface area contributed by atoms with E-state index in [2.05, 4.69) is 18.3 Å². The molecule has 1 heterocycles. The van der Waals surface area contributed by atoms with Gasteiger partial charge in [-0.25, -0.2) is 4.39 Å². The van der Waals surface area contributed by atoms with Crippen molar-refractivity contribution < 1.29 is 9.13 Å². The highest BCUT2D eigenvalue weighted by Gasteiger charge is 2.30. The summed E-state index contributed by atoms with van der Waals surface area (Å²) >= 11 is 0. The molecule has 1 aromatic rings. The Bertz CT molecular complexity index is 454. The molecule has 0 amide bonds. The molecule has 1 saturated heterocycles. The molecule has 0 aromatic heterocycles. The summed E-state index contributed by atoms with van der Waals surface area (Å²) in [5.74, 6) is -0.0425. The lowest BCUT2D eigenvalue weighted by molar-refractivity contribution is 0.0229. The summed E-state index contributed by atoms with van der Waals surface area (Å²) in [4.78, 5) is 0. The van der Waals surface area contributed by atoms with Gasteiger partial charge < -0.3 is 10.1 Å². The molecule has 19 heavy (non-hydrogen) atoms. The molecular formula is C16H22FNO. The molecule has 2 nitrogen and oxygen atoms in total. The van der Waals surface area contributed by atoms with Gasteiger partial charge in [0.25, 0.3) is 0 Å². The Labute approximate surface area is 114 Å². The first-order valence-corrected chi connectivity index (χ1v) is 7.26. The number of benzene rings is 1. The largest absolute Gasteiger partial charge is 0.381 e. The maximum absolute atomic E-state index is 13.7. The van der Waals surface area contributed by atoms with Gasteiger partial charge in [0, 0.05) is 25.8 Å². The number of ether oxygens (including phenoxy) is 1. The van der Waals surface area contributed by atoms with E-state index in [-0.39, 0.29) is 5.82 Å². The van der Waals surface area contributed by atoms with E-state index in [9.17, 15) is 4.39 Å². The van der Waals surface area contributed by atoms with Crippen LogP contribution in [-0.2, 0) is 11.2 Å². The Morgan fingerprint density at radius 3 is 2.95 bits per heavy atom. The highest BCUT2D eigenvalue weighted by Crippen LogP contribution is 2.35. The lowest BCUT2D eigenvalue weighted by Crippen LogP contribution is -2.37. The molecule has 1 aliphatic carbocycles. The number of hydrogen-bond donors (Lipinski definition) is 1. The summed E-state index contributed by atoms with van der Waals surface area (Å²) in [6, 6.07) is 5.78. The summed E-state index contributed by atoms with van der Waals surface area (Å²) in [5.41, 5.74) is 2.40. The first-order valence-electron chi connectivity index (χ1n) is 7.26. The molecular weight excluding hydrogens is 241 g/mol. The first-order chi connectivity index (χ1) is 9.18. The lowest BCUT2D eigenvalue weighted by Gasteiger charge is -2.34. The molecule has 1 unspecified atom stereocenters. The number of hydrogen-bond acceptors (Lipinski definition) is 2. The first kappa shape index (κ1) is 13.1. The molecule has 0 saturated carbocycles. The third-order valence-corrected chi connectivity index (χ3v) is 4.69. The second-order valence-corrected chi connectivity index (χ2v) is 6.20. The van der Waals surface area contributed by atoms with Crippen LogP contribution in [-0.4, -0.2) is 19.8 Å². The Balaban J connectivity index is 1.65. The quantitative estimate of drug-likeness (QED) is 0.904. The van der Waals surface area contributed by atoms with Crippen LogP contribution in [0.4, 0.5) is 4.39 Å². The smallest absolute Gasteiger partial charge is 0.126 e. The fourth-order valence-corrected chi connectivity index (χ4v) is 3.23. The van der Waals surface area contributed by atoms with Gasteiger partial charge in [-0.15, -0.1) is 0 Å². The van der Waals surface area contributed by atoms with E-state index < -0.39 is 0 Å². The van der Waals surface area contributed by atoms with Gasteiger partial charge in [-0.2, -0.15) is 0 Å². The van der Waals surface area contributed by atoms with Gasteiger partial charge in [0.05, 0.1) is 0 Å². The minimum Gasteiger partial charge on any atom is -0.381 e. The van der Waals surface area contributed by atoms with E-state index in [1.807, 2.05) is 6.07 Å². The predicted molar refractivity (Wildman–Crippen MR) is 73.6 cm³/mol. The summed E-state index contributed by atoms with van der Waals surface area (Å²) in [6.45, 7) is 5.06. The van der Waals surface area contributed by atoms with E-state index in [0.29, 0.717) is 11.5 Å². The van der Waals surface area contributed by atoms with Crippen molar-refractivity contribution in [1.29, 1.82) is 0 Å². The minimum absolute atomic E-state index is 0.0425. The molecule has 1 aromatic carbocycles. The van der Waals surface area contributed by atoms with E-state index in [4.69, 9.17) is 4.74 Å². The predicted octanol–water partition coefficient (Wildman–Crippen LogP) is 3.22. The summed E-state index contributed by atoms with van der Waals surface area (Å²) in [5, 5.41) is 3.65. The van der Waals surface area contributed by atoms with Crippen LogP contribution < -0.4 is 5.32 Å². The number of halogens is 1. The van der Waals surface area contributed by atoms with Crippen molar-refractivity contribution in [2.75, 3.05) is 19.8 Å². The zero-order valence-corrected chi connectivity index (χ0v) is 11.5. The molecule has 0 spiro atoms. The van der Waals surface area contributed by atoms with Crippen molar-refractivity contribution in [3.05, 3.63) is 35.1 Å². The van der Waals surface area contributed by atoms with Gasteiger partial charge in [0.2, 0.25) is 0 Å². The molecule has 104 valence electrons. The third kappa shape index (κ3) is 2.67. The molecule has 1 fully saturated rings. The molecule has 1 N–H and O–H groups in total. The van der Waals surface area contributed by atoms with Crippen molar-refractivity contribution in [2.45, 2.75) is 38.6 Å². The van der Waals surface area contributed by atoms with Crippen molar-refractivity contribution in [1.82, 2.24) is 5.32 Å². The Morgan fingerprint density at radius 2 is 2.16 bits per heavy atom. The number of fused-ring (bicyclic) bond motifs is 1. The topological polar surface area (TPSA) is 21.3 Å². The van der Waals surface area contributed by atoms with Crippen LogP contribution in [0.25, 0.3) is 0 Å². The number of nitrogens with one attached hydrogen (secondary N) is 1. The van der Waals surface area contributed by atoms with Crippen molar-refractivity contribution in [2.24, 2.45) is 5.41 Å². The van der Waals surface area contributed by atoms with Crippen molar-refractivity contribution >= 4 is 0 Å². The molecule has 0 bridgehead atoms. The Hall–Kier alpha value is -0.930. The summed E-state index contributed by atoms with van der Waals surface area (Å²) in [7, 11) is 0. The van der Waals surface area contributed by atoms with E-state index in [0.717, 1.165) is 56.6 Å². The fraction of sp³-hybridized carbons (Fsp3) is 0.625. The highest BCUT2D eigenvalue weighted by atomic mass is 19.1. The van der Waals surface area contributed by atoms with E-state index in [1.165, 1.54) is 0 Å². The van der Waals surface area contributed by atoms with Crippen LogP contribution in [0.2, 0.25) is 0 Å². The highest BCUT2D eigenvalue weighted by molar-refractivity contribution is 5.35. The van der Waals surface area contributed by atoms with Gasteiger partial charge in [-0.05, 0) is 48.3 Å². The van der Waals surface area contributed by atoms with Crippen LogP contribution >= 0.6 is 0 Å². The molecule has 1 aliphatic heterocycles. The van der Waals surface area contributed by atoms with Gasteiger partial charge in [0.1, 0.15) is 5.82 Å². The van der Waals surface area contributed by atoms with Crippen LogP contribution in [0, 0.1) is 11.2 Å². The number of rotatable bonds is 3. The summed E-state index contributed by atoms with van der Waals surface area (Å²) in [6.07, 6.45) is 4.10. The molecule has 3 rings (SSSR count). The van der Waals surface area contributed by atoms with Gasteiger partial charge in [0.15, 0.2) is 0 Å². The average molecular weight is 263 g/mol. The average Bonchev–Trinajstić information content (AvgIpc) is 2.82. The zero-order valence-electron chi connectivity index (χ0n) is 11.5. The fourth-order valence-electron chi connectivity index (χ4n) is 3.23. The lowest BCUT2D eigenvalue weighted by atomic mass is 9.82. The molecule has 2 aliphatic rings. The molecule has 1 atom stereocenters. The van der Waals surface area contributed by atoms with Crippen LogP contribution in [0.15, 0.2) is 18.2 Å².